The molecule has 1 aromatic rings. The molecular weight excluding hydrogens is 302 g/mol. The van der Waals surface area contributed by atoms with E-state index in [1.165, 1.54) is 49.2 Å². The van der Waals surface area contributed by atoms with E-state index < -0.39 is 0 Å². The molecule has 0 aromatic heterocycles. The molecule has 3 nitrogen and oxygen atoms in total. The van der Waals surface area contributed by atoms with Crippen molar-refractivity contribution in [3.8, 4) is 0 Å². The molecule has 19 heavy (non-hydrogen) atoms. The topological polar surface area (TPSA) is 18.5 Å². The van der Waals surface area contributed by atoms with Crippen molar-refractivity contribution in [3.05, 3.63) is 34.3 Å². The molecule has 0 atom stereocenters. The number of hydrogen-bond donors (Lipinski definition) is 1. The molecule has 0 radical (unpaired) electrons. The van der Waals surface area contributed by atoms with Gasteiger partial charge in [0.2, 0.25) is 0 Å². The summed E-state index contributed by atoms with van der Waals surface area (Å²) in [6.45, 7) is 8.13. The average Bonchev–Trinajstić information content (AvgIpc) is 2.42. The molecule has 1 aliphatic rings. The Morgan fingerprint density at radius 2 is 1.89 bits per heavy atom. The highest BCUT2D eigenvalue weighted by atomic mass is 79.9. The Morgan fingerprint density at radius 3 is 2.63 bits per heavy atom. The van der Waals surface area contributed by atoms with Crippen LogP contribution in [0.15, 0.2) is 28.7 Å². The molecule has 1 N–H and O–H groups in total. The second kappa shape index (κ2) is 8.00. The maximum atomic E-state index is 3.58. The van der Waals surface area contributed by atoms with Crippen molar-refractivity contribution in [2.45, 2.75) is 13.0 Å². The van der Waals surface area contributed by atoms with Gasteiger partial charge >= 0.3 is 0 Å². The standard InChI is InChI=1S/C15H24BrN3/c1-18-9-11-19(12-10-18)8-4-7-17-13-14-5-2-3-6-15(14)16/h2-3,5-6,17H,4,7-13H2,1H3. The lowest BCUT2D eigenvalue weighted by Crippen LogP contribution is -2.45. The first-order valence-electron chi connectivity index (χ1n) is 7.11. The van der Waals surface area contributed by atoms with Crippen LogP contribution in [0.25, 0.3) is 0 Å². The molecule has 1 aliphatic heterocycles. The van der Waals surface area contributed by atoms with Crippen molar-refractivity contribution in [2.24, 2.45) is 0 Å². The molecule has 0 unspecified atom stereocenters. The molecule has 0 spiro atoms. The fraction of sp³-hybridized carbons (Fsp3) is 0.600. The summed E-state index contributed by atoms with van der Waals surface area (Å²) in [5.41, 5.74) is 1.34. The number of hydrogen-bond acceptors (Lipinski definition) is 3. The van der Waals surface area contributed by atoms with E-state index in [1.807, 2.05) is 0 Å². The number of benzene rings is 1. The van der Waals surface area contributed by atoms with Gasteiger partial charge in [0.1, 0.15) is 0 Å². The van der Waals surface area contributed by atoms with Crippen LogP contribution >= 0.6 is 15.9 Å². The smallest absolute Gasteiger partial charge is 0.0220 e. The lowest BCUT2D eigenvalue weighted by atomic mass is 10.2. The zero-order chi connectivity index (χ0) is 13.5. The normalized spacial score (nSPS) is 17.8. The Hall–Kier alpha value is -0.420. The zero-order valence-electron chi connectivity index (χ0n) is 11.7. The van der Waals surface area contributed by atoms with Crippen molar-refractivity contribution in [1.29, 1.82) is 0 Å². The Bertz CT molecular complexity index is 375. The Kier molecular flexibility index (Phi) is 6.31. The van der Waals surface area contributed by atoms with Gasteiger partial charge in [-0.1, -0.05) is 34.1 Å². The third-order valence-electron chi connectivity index (χ3n) is 3.70. The first-order chi connectivity index (χ1) is 9.25. The average molecular weight is 326 g/mol. The molecule has 0 aliphatic carbocycles. The van der Waals surface area contributed by atoms with Gasteiger partial charge in [0.25, 0.3) is 0 Å². The van der Waals surface area contributed by atoms with Gasteiger partial charge in [-0.15, -0.1) is 0 Å². The largest absolute Gasteiger partial charge is 0.313 e. The highest BCUT2D eigenvalue weighted by Gasteiger charge is 2.12. The van der Waals surface area contributed by atoms with Crippen molar-refractivity contribution in [2.75, 3.05) is 46.3 Å². The van der Waals surface area contributed by atoms with E-state index in [0.29, 0.717) is 0 Å². The number of rotatable bonds is 6. The summed E-state index contributed by atoms with van der Waals surface area (Å²) < 4.78 is 1.20. The monoisotopic (exact) mass is 325 g/mol. The Balaban J connectivity index is 1.56. The van der Waals surface area contributed by atoms with Gasteiger partial charge in [-0.3, -0.25) is 0 Å². The molecule has 4 heteroatoms. The fourth-order valence-electron chi connectivity index (χ4n) is 2.36. The van der Waals surface area contributed by atoms with Crippen molar-refractivity contribution in [1.82, 2.24) is 15.1 Å². The van der Waals surface area contributed by atoms with Gasteiger partial charge < -0.3 is 15.1 Å². The zero-order valence-corrected chi connectivity index (χ0v) is 13.3. The Labute approximate surface area is 125 Å². The molecule has 1 heterocycles. The molecule has 0 amide bonds. The van der Waals surface area contributed by atoms with E-state index in [9.17, 15) is 0 Å². The van der Waals surface area contributed by atoms with Crippen LogP contribution in [-0.2, 0) is 6.54 Å². The van der Waals surface area contributed by atoms with Crippen LogP contribution in [-0.4, -0.2) is 56.1 Å². The second-order valence-corrected chi connectivity index (χ2v) is 6.12. The van der Waals surface area contributed by atoms with Crippen LogP contribution < -0.4 is 5.32 Å². The summed E-state index contributed by atoms with van der Waals surface area (Å²) in [6.07, 6.45) is 1.23. The van der Waals surface area contributed by atoms with Gasteiger partial charge in [0.15, 0.2) is 0 Å². The van der Waals surface area contributed by atoms with Gasteiger partial charge in [0.05, 0.1) is 0 Å². The van der Waals surface area contributed by atoms with Crippen LogP contribution in [0, 0.1) is 0 Å². The van der Waals surface area contributed by atoms with Crippen molar-refractivity contribution < 1.29 is 0 Å². The van der Waals surface area contributed by atoms with Gasteiger partial charge in [-0.05, 0) is 38.2 Å². The number of piperazine rings is 1. The summed E-state index contributed by atoms with van der Waals surface area (Å²) in [5.74, 6) is 0. The molecule has 1 aromatic carbocycles. The third kappa shape index (κ3) is 5.22. The van der Waals surface area contributed by atoms with Gasteiger partial charge in [-0.25, -0.2) is 0 Å². The van der Waals surface area contributed by atoms with Crippen LogP contribution in [0.4, 0.5) is 0 Å². The van der Waals surface area contributed by atoms with E-state index in [-0.39, 0.29) is 0 Å². The van der Waals surface area contributed by atoms with Crippen LogP contribution in [0.1, 0.15) is 12.0 Å². The highest BCUT2D eigenvalue weighted by molar-refractivity contribution is 9.10. The number of likely N-dealkylation sites (N-methyl/N-ethyl adjacent to an activating group) is 1. The molecular formula is C15H24BrN3. The van der Waals surface area contributed by atoms with E-state index in [1.54, 1.807) is 0 Å². The first-order valence-corrected chi connectivity index (χ1v) is 7.90. The summed E-state index contributed by atoms with van der Waals surface area (Å²) in [5, 5.41) is 3.52. The molecule has 0 bridgehead atoms. The van der Waals surface area contributed by atoms with Crippen molar-refractivity contribution >= 4 is 15.9 Å². The molecule has 1 fully saturated rings. The van der Waals surface area contributed by atoms with E-state index in [2.05, 4.69) is 62.4 Å². The van der Waals surface area contributed by atoms with E-state index >= 15 is 0 Å². The lowest BCUT2D eigenvalue weighted by Gasteiger charge is -2.32. The lowest BCUT2D eigenvalue weighted by molar-refractivity contribution is 0.153. The molecule has 1 saturated heterocycles. The van der Waals surface area contributed by atoms with Gasteiger partial charge in [0, 0.05) is 37.2 Å². The van der Waals surface area contributed by atoms with Gasteiger partial charge in [-0.2, -0.15) is 0 Å². The third-order valence-corrected chi connectivity index (χ3v) is 4.47. The summed E-state index contributed by atoms with van der Waals surface area (Å²) >= 11 is 3.58. The number of halogens is 1. The van der Waals surface area contributed by atoms with E-state index in [4.69, 9.17) is 0 Å². The first kappa shape index (κ1) is 15.0. The number of nitrogens with zero attached hydrogens (tertiary/aromatic N) is 2. The van der Waals surface area contributed by atoms with Crippen molar-refractivity contribution in [3.63, 3.8) is 0 Å². The maximum absolute atomic E-state index is 3.58. The predicted molar refractivity (Wildman–Crippen MR) is 84.4 cm³/mol. The predicted octanol–water partition coefficient (Wildman–Crippen LogP) is 2.18. The fourth-order valence-corrected chi connectivity index (χ4v) is 2.79. The minimum atomic E-state index is 0.949. The maximum Gasteiger partial charge on any atom is 0.0220 e. The quantitative estimate of drug-likeness (QED) is 0.809. The summed E-state index contributed by atoms with van der Waals surface area (Å²) in [4.78, 5) is 4.97. The summed E-state index contributed by atoms with van der Waals surface area (Å²) in [6, 6.07) is 8.41. The highest BCUT2D eigenvalue weighted by Crippen LogP contribution is 2.15. The minimum Gasteiger partial charge on any atom is -0.313 e. The minimum absolute atomic E-state index is 0.949. The molecule has 2 rings (SSSR count). The number of nitrogens with one attached hydrogen (secondary N) is 1. The molecule has 0 saturated carbocycles. The van der Waals surface area contributed by atoms with Crippen LogP contribution in [0.3, 0.4) is 0 Å². The summed E-state index contributed by atoms with van der Waals surface area (Å²) in [7, 11) is 2.20. The second-order valence-electron chi connectivity index (χ2n) is 5.27. The Morgan fingerprint density at radius 1 is 1.16 bits per heavy atom. The van der Waals surface area contributed by atoms with E-state index in [0.717, 1.165) is 13.1 Å². The molecule has 106 valence electrons. The van der Waals surface area contributed by atoms with Crippen LogP contribution in [0.2, 0.25) is 0 Å². The SMILES string of the molecule is CN1CCN(CCCNCc2ccccc2Br)CC1. The van der Waals surface area contributed by atoms with Crippen LogP contribution in [0.5, 0.6) is 0 Å².